The Balaban J connectivity index is -0.000000000714. The van der Waals surface area contributed by atoms with Crippen molar-refractivity contribution >= 4 is 0 Å². The minimum Gasteiger partial charge on any atom is -0.870 e. The maximum atomic E-state index is 6.62. The molecule has 0 bridgehead atoms. The van der Waals surface area contributed by atoms with Gasteiger partial charge < -0.3 is 32.9 Å². The molecule has 8 N–H and O–H groups in total. The van der Waals surface area contributed by atoms with E-state index in [4.69, 9.17) is 10.5 Å². The summed E-state index contributed by atoms with van der Waals surface area (Å²) in [6.07, 6.45) is 0. The van der Waals surface area contributed by atoms with E-state index in [0.29, 0.717) is 0 Å². The molecule has 74 valence electrons. The van der Waals surface area contributed by atoms with Crippen molar-refractivity contribution < 1.29 is 129 Å². The van der Waals surface area contributed by atoms with Gasteiger partial charge in [-0.3, -0.25) is 0 Å². The normalized spacial score (nSPS) is 1.64. The van der Waals surface area contributed by atoms with Gasteiger partial charge in [0.2, 0.25) is 0 Å². The summed E-state index contributed by atoms with van der Waals surface area (Å²) in [7, 11) is 0. The molecule has 0 aliphatic rings. The number of hydrogen-bond acceptors (Lipinski definition) is 9. The van der Waals surface area contributed by atoms with Gasteiger partial charge in [0.15, 0.2) is 0 Å². The van der Waals surface area contributed by atoms with Crippen molar-refractivity contribution in [3.63, 3.8) is 0 Å². The number of hydrogen-bond donors (Lipinski definition) is 2. The minimum atomic E-state index is 0. The Bertz CT molecular complexity index is 7.52. The quantitative estimate of drug-likeness (QED) is 0.334. The summed E-state index contributed by atoms with van der Waals surface area (Å²) >= 11 is 0. The molecule has 0 atom stereocenters. The van der Waals surface area contributed by atoms with E-state index in [-0.39, 0.29) is 114 Å². The van der Waals surface area contributed by atoms with Crippen LogP contribution in [0.25, 0.3) is 0 Å². The number of rotatable bonds is 0. The predicted octanol–water partition coefficient (Wildman–Crippen LogP) is -1.11. The summed E-state index contributed by atoms with van der Waals surface area (Å²) in [4.78, 5) is 0. The summed E-state index contributed by atoms with van der Waals surface area (Å²) < 4.78 is 0. The molecule has 0 saturated carbocycles. The van der Waals surface area contributed by atoms with Crippen LogP contribution in [-0.4, -0.2) is 43.4 Å². The summed E-state index contributed by atoms with van der Waals surface area (Å²) in [5.41, 5.74) is 0. The molecule has 0 saturated heterocycles. The SMILES string of the molecule is OOO.[OH-].[OH-].[OH-].[OH-].[OH-].[OH-].[Sm+3].[Sm+3]. The molecule has 0 fully saturated rings. The van der Waals surface area contributed by atoms with Crippen LogP contribution < -0.4 is 0 Å². The van der Waals surface area contributed by atoms with Crippen molar-refractivity contribution in [3.8, 4) is 0 Å². The molecule has 0 unspecified atom stereocenters. The molecule has 0 amide bonds. The van der Waals surface area contributed by atoms with Crippen molar-refractivity contribution in [1.82, 2.24) is 0 Å². The smallest absolute Gasteiger partial charge is 0.870 e. The topological polar surface area (TPSA) is 230 Å². The van der Waals surface area contributed by atoms with Crippen LogP contribution in [0, 0.1) is 80.8 Å². The van der Waals surface area contributed by atoms with Gasteiger partial charge in [-0.1, -0.05) is 5.04 Å². The first-order chi connectivity index (χ1) is 1.41. The van der Waals surface area contributed by atoms with Crippen molar-refractivity contribution in [1.29, 1.82) is 0 Å². The molecule has 9 nitrogen and oxygen atoms in total. The first-order valence-electron chi connectivity index (χ1n) is 0.365. The monoisotopic (exact) mass is 456 g/mol. The molecule has 11 heavy (non-hydrogen) atoms. The van der Waals surface area contributed by atoms with Crippen LogP contribution in [0.3, 0.4) is 0 Å². The summed E-state index contributed by atoms with van der Waals surface area (Å²) in [6.45, 7) is 0. The second-order valence-electron chi connectivity index (χ2n) is 0.0816. The summed E-state index contributed by atoms with van der Waals surface area (Å²) in [6, 6.07) is 0. The van der Waals surface area contributed by atoms with Gasteiger partial charge in [0, 0.05) is 0 Å². The maximum Gasteiger partial charge on any atom is 3.00 e. The van der Waals surface area contributed by atoms with Gasteiger partial charge >= 0.3 is 80.8 Å². The molecule has 0 aromatic rings. The van der Waals surface area contributed by atoms with Crippen LogP contribution in [0.15, 0.2) is 0 Å². The zero-order valence-electron chi connectivity index (χ0n) is 4.80. The molecule has 11 heteroatoms. The predicted molar refractivity (Wildman–Crippen MR) is 18.0 cm³/mol. The van der Waals surface area contributed by atoms with E-state index in [0.717, 1.165) is 0 Å². The largest absolute Gasteiger partial charge is 3.00 e. The van der Waals surface area contributed by atoms with Gasteiger partial charge in [-0.2, -0.15) is 0 Å². The van der Waals surface area contributed by atoms with Crippen LogP contribution in [0.5, 0.6) is 0 Å². The van der Waals surface area contributed by atoms with Gasteiger partial charge in [0.25, 0.3) is 0 Å². The maximum absolute atomic E-state index is 6.62. The summed E-state index contributed by atoms with van der Waals surface area (Å²) in [5.74, 6) is 0. The van der Waals surface area contributed by atoms with Crippen LogP contribution in [-0.2, 0) is 5.04 Å². The van der Waals surface area contributed by atoms with Crippen molar-refractivity contribution in [2.45, 2.75) is 0 Å². The molecule has 2 radical (unpaired) electrons. The fraction of sp³-hybridized carbons (Fsp3) is 0. The van der Waals surface area contributed by atoms with Crippen LogP contribution in [0.1, 0.15) is 0 Å². The molecular weight excluding hydrogens is 445 g/mol. The fourth-order valence-corrected chi connectivity index (χ4v) is 0. The Morgan fingerprint density at radius 3 is 0.545 bits per heavy atom. The van der Waals surface area contributed by atoms with Crippen LogP contribution in [0.2, 0.25) is 0 Å². The van der Waals surface area contributed by atoms with Gasteiger partial charge in [-0.15, -0.1) is 0 Å². The van der Waals surface area contributed by atoms with E-state index < -0.39 is 0 Å². The van der Waals surface area contributed by atoms with E-state index >= 15 is 0 Å². The molecule has 0 rings (SSSR count). The van der Waals surface area contributed by atoms with Crippen molar-refractivity contribution in [2.24, 2.45) is 0 Å². The van der Waals surface area contributed by atoms with Crippen LogP contribution in [0.4, 0.5) is 0 Å². The van der Waals surface area contributed by atoms with Crippen molar-refractivity contribution in [2.75, 3.05) is 0 Å². The Labute approximate surface area is 127 Å². The third-order valence-electron chi connectivity index (χ3n) is 0. The van der Waals surface area contributed by atoms with Gasteiger partial charge in [-0.25, -0.2) is 10.5 Å². The average molecular weight is 453 g/mol. The standard InChI is InChI=1S/H2O3.6H2O.2Sm/c1-3-2;;;;;;;;/h1-2H;6*1H2;;/q;;;;;;;2*+3/p-6. The van der Waals surface area contributed by atoms with E-state index in [1.165, 1.54) is 0 Å². The second kappa shape index (κ2) is 143. The van der Waals surface area contributed by atoms with E-state index in [1.54, 1.807) is 0 Å². The fourth-order valence-electron chi connectivity index (χ4n) is 0. The Kier molecular flexibility index (Phi) is 1410. The zero-order valence-corrected chi connectivity index (χ0v) is 10.0. The van der Waals surface area contributed by atoms with E-state index in [1.807, 2.05) is 0 Å². The van der Waals surface area contributed by atoms with Gasteiger partial charge in [0.1, 0.15) is 0 Å². The average Bonchev–Trinajstić information content (AvgIpc) is 0.918. The molecule has 0 aromatic heterocycles. The van der Waals surface area contributed by atoms with Crippen LogP contribution >= 0.6 is 0 Å². The molecular formula is H8O9Sm2. The van der Waals surface area contributed by atoms with Gasteiger partial charge in [0.05, 0.1) is 0 Å². The summed E-state index contributed by atoms with van der Waals surface area (Å²) in [5, 5.41) is 15.5. The van der Waals surface area contributed by atoms with E-state index in [9.17, 15) is 0 Å². The second-order valence-corrected chi connectivity index (χ2v) is 0.0816. The first kappa shape index (κ1) is 108. The Hall–Kier alpha value is 2.32. The molecule has 0 aliphatic heterocycles. The van der Waals surface area contributed by atoms with Gasteiger partial charge in [-0.05, 0) is 0 Å². The zero-order chi connectivity index (χ0) is 2.71. The molecule has 0 spiro atoms. The molecule has 0 aromatic carbocycles. The third-order valence-corrected chi connectivity index (χ3v) is 0. The Morgan fingerprint density at radius 1 is 0.545 bits per heavy atom. The molecule has 0 aliphatic carbocycles. The van der Waals surface area contributed by atoms with E-state index in [2.05, 4.69) is 5.04 Å². The first-order valence-corrected chi connectivity index (χ1v) is 0.365. The molecule has 0 heterocycles. The minimum absolute atomic E-state index is 0. The van der Waals surface area contributed by atoms with Crippen molar-refractivity contribution in [3.05, 3.63) is 0 Å². The third kappa shape index (κ3) is 244. The Morgan fingerprint density at radius 2 is 0.545 bits per heavy atom.